The number of halogens is 1. The van der Waals surface area contributed by atoms with Crippen LogP contribution in [-0.2, 0) is 22.6 Å². The summed E-state index contributed by atoms with van der Waals surface area (Å²) in [5.74, 6) is -0.122. The molecule has 1 amide bonds. The van der Waals surface area contributed by atoms with E-state index in [2.05, 4.69) is 22.3 Å². The lowest BCUT2D eigenvalue weighted by Gasteiger charge is -2.26. The molecule has 0 radical (unpaired) electrons. The first-order chi connectivity index (χ1) is 9.65. The minimum atomic E-state index is -0.466. The standard InChI is InChI=1S/C15H23N3O2.ClH/c1-12(16)15(19)17-10-13-3-2-4-14(9-13)11-18-5-7-20-8-6-18;/h2-4,9,12H,5-8,10-11,16H2,1H3,(H,17,19);1H. The van der Waals surface area contributed by atoms with Gasteiger partial charge in [0.05, 0.1) is 19.3 Å². The van der Waals surface area contributed by atoms with Crippen molar-refractivity contribution in [3.63, 3.8) is 0 Å². The number of hydrogen-bond acceptors (Lipinski definition) is 4. The Bertz CT molecular complexity index is 448. The Morgan fingerprint density at radius 3 is 2.71 bits per heavy atom. The number of carbonyl (C=O) groups excluding carboxylic acids is 1. The van der Waals surface area contributed by atoms with E-state index in [4.69, 9.17) is 10.5 Å². The number of nitrogens with two attached hydrogens (primary N) is 1. The van der Waals surface area contributed by atoms with Crippen molar-refractivity contribution in [1.82, 2.24) is 10.2 Å². The van der Waals surface area contributed by atoms with Crippen LogP contribution in [0, 0.1) is 0 Å². The van der Waals surface area contributed by atoms with Crippen molar-refractivity contribution in [3.8, 4) is 0 Å². The molecule has 1 saturated heterocycles. The molecule has 5 nitrogen and oxygen atoms in total. The summed E-state index contributed by atoms with van der Waals surface area (Å²) in [6.45, 7) is 6.71. The van der Waals surface area contributed by atoms with Crippen molar-refractivity contribution in [3.05, 3.63) is 35.4 Å². The normalized spacial score (nSPS) is 16.9. The highest BCUT2D eigenvalue weighted by Crippen LogP contribution is 2.10. The second-order valence-corrected chi connectivity index (χ2v) is 5.21. The van der Waals surface area contributed by atoms with Gasteiger partial charge < -0.3 is 15.8 Å². The van der Waals surface area contributed by atoms with Crippen LogP contribution < -0.4 is 11.1 Å². The zero-order chi connectivity index (χ0) is 14.4. The fourth-order valence-electron chi connectivity index (χ4n) is 2.21. The van der Waals surface area contributed by atoms with Crippen LogP contribution >= 0.6 is 12.4 Å². The highest BCUT2D eigenvalue weighted by atomic mass is 35.5. The predicted molar refractivity (Wildman–Crippen MR) is 85.3 cm³/mol. The van der Waals surface area contributed by atoms with E-state index in [0.717, 1.165) is 38.4 Å². The third-order valence-corrected chi connectivity index (χ3v) is 3.38. The summed E-state index contributed by atoms with van der Waals surface area (Å²) in [5.41, 5.74) is 7.89. The van der Waals surface area contributed by atoms with Gasteiger partial charge in [0.25, 0.3) is 0 Å². The lowest BCUT2D eigenvalue weighted by Crippen LogP contribution is -2.37. The lowest BCUT2D eigenvalue weighted by molar-refractivity contribution is -0.122. The van der Waals surface area contributed by atoms with Gasteiger partial charge in [0.1, 0.15) is 0 Å². The predicted octanol–water partition coefficient (Wildman–Crippen LogP) is 0.904. The van der Waals surface area contributed by atoms with E-state index in [-0.39, 0.29) is 18.3 Å². The van der Waals surface area contributed by atoms with Gasteiger partial charge >= 0.3 is 0 Å². The molecule has 1 atom stereocenters. The van der Waals surface area contributed by atoms with Crippen molar-refractivity contribution in [2.24, 2.45) is 5.73 Å². The van der Waals surface area contributed by atoms with E-state index in [9.17, 15) is 4.79 Å². The van der Waals surface area contributed by atoms with Gasteiger partial charge in [-0.05, 0) is 18.1 Å². The fourth-order valence-corrected chi connectivity index (χ4v) is 2.21. The summed E-state index contributed by atoms with van der Waals surface area (Å²) < 4.78 is 5.35. The Morgan fingerprint density at radius 2 is 2.05 bits per heavy atom. The molecule has 3 N–H and O–H groups in total. The SMILES string of the molecule is CC(N)C(=O)NCc1cccc(CN2CCOCC2)c1.Cl. The molecular weight excluding hydrogens is 290 g/mol. The molecule has 6 heteroatoms. The molecule has 2 rings (SSSR count). The average molecular weight is 314 g/mol. The van der Waals surface area contributed by atoms with Gasteiger partial charge in [0.2, 0.25) is 5.91 Å². The topological polar surface area (TPSA) is 67.6 Å². The molecule has 0 saturated carbocycles. The maximum absolute atomic E-state index is 11.5. The Morgan fingerprint density at radius 1 is 1.38 bits per heavy atom. The number of hydrogen-bond donors (Lipinski definition) is 2. The minimum Gasteiger partial charge on any atom is -0.379 e. The molecule has 21 heavy (non-hydrogen) atoms. The summed E-state index contributed by atoms with van der Waals surface area (Å²) in [7, 11) is 0. The van der Waals surface area contributed by atoms with E-state index in [1.54, 1.807) is 6.92 Å². The molecule has 0 spiro atoms. The second-order valence-electron chi connectivity index (χ2n) is 5.21. The first-order valence-electron chi connectivity index (χ1n) is 7.06. The largest absolute Gasteiger partial charge is 0.379 e. The zero-order valence-electron chi connectivity index (χ0n) is 12.4. The van der Waals surface area contributed by atoms with Gasteiger partial charge in [-0.15, -0.1) is 12.4 Å². The molecule has 118 valence electrons. The Balaban J connectivity index is 0.00000220. The van der Waals surface area contributed by atoms with Gasteiger partial charge in [0, 0.05) is 26.2 Å². The first-order valence-corrected chi connectivity index (χ1v) is 7.06. The van der Waals surface area contributed by atoms with E-state index in [0.29, 0.717) is 6.54 Å². The van der Waals surface area contributed by atoms with Crippen molar-refractivity contribution in [2.45, 2.75) is 26.1 Å². The molecule has 1 unspecified atom stereocenters. The molecule has 1 aromatic carbocycles. The molecule has 1 fully saturated rings. The monoisotopic (exact) mass is 313 g/mol. The number of benzene rings is 1. The van der Waals surface area contributed by atoms with Crippen LogP contribution in [0.5, 0.6) is 0 Å². The van der Waals surface area contributed by atoms with Crippen LogP contribution in [0.4, 0.5) is 0 Å². The molecule has 0 bridgehead atoms. The minimum absolute atomic E-state index is 0. The number of amides is 1. The Kier molecular flexibility index (Phi) is 7.67. The number of morpholine rings is 1. The highest BCUT2D eigenvalue weighted by Gasteiger charge is 2.11. The van der Waals surface area contributed by atoms with Crippen LogP contribution in [0.2, 0.25) is 0 Å². The molecule has 1 aromatic rings. The van der Waals surface area contributed by atoms with Crippen LogP contribution in [0.1, 0.15) is 18.1 Å². The van der Waals surface area contributed by atoms with Gasteiger partial charge in [-0.1, -0.05) is 24.3 Å². The summed E-state index contributed by atoms with van der Waals surface area (Å²) in [6.07, 6.45) is 0. The zero-order valence-corrected chi connectivity index (χ0v) is 13.2. The van der Waals surface area contributed by atoms with Crippen molar-refractivity contribution >= 4 is 18.3 Å². The molecule has 0 aromatic heterocycles. The number of nitrogens with zero attached hydrogens (tertiary/aromatic N) is 1. The number of nitrogens with one attached hydrogen (secondary N) is 1. The molecule has 1 aliphatic heterocycles. The van der Waals surface area contributed by atoms with Gasteiger partial charge in [-0.2, -0.15) is 0 Å². The molecule has 1 heterocycles. The van der Waals surface area contributed by atoms with Crippen LogP contribution in [0.3, 0.4) is 0 Å². The van der Waals surface area contributed by atoms with Crippen molar-refractivity contribution < 1.29 is 9.53 Å². The molecule has 1 aliphatic rings. The van der Waals surface area contributed by atoms with E-state index in [1.165, 1.54) is 5.56 Å². The van der Waals surface area contributed by atoms with Gasteiger partial charge in [-0.25, -0.2) is 0 Å². The maximum atomic E-state index is 11.5. The van der Waals surface area contributed by atoms with E-state index in [1.807, 2.05) is 12.1 Å². The smallest absolute Gasteiger partial charge is 0.236 e. The first kappa shape index (κ1) is 17.9. The summed E-state index contributed by atoms with van der Waals surface area (Å²) in [5, 5.41) is 2.83. The molecular formula is C15H24ClN3O2. The summed E-state index contributed by atoms with van der Waals surface area (Å²) in [4.78, 5) is 13.8. The second kappa shape index (κ2) is 9.00. The third-order valence-electron chi connectivity index (χ3n) is 3.38. The third kappa shape index (κ3) is 6.01. The average Bonchev–Trinajstić information content (AvgIpc) is 2.46. The maximum Gasteiger partial charge on any atom is 0.236 e. The fraction of sp³-hybridized carbons (Fsp3) is 0.533. The number of carbonyl (C=O) groups is 1. The Labute approximate surface area is 132 Å². The highest BCUT2D eigenvalue weighted by molar-refractivity contribution is 5.85. The van der Waals surface area contributed by atoms with E-state index >= 15 is 0 Å². The molecule has 0 aliphatic carbocycles. The van der Waals surface area contributed by atoms with Crippen LogP contribution in [0.15, 0.2) is 24.3 Å². The van der Waals surface area contributed by atoms with Crippen LogP contribution in [-0.4, -0.2) is 43.2 Å². The number of ether oxygens (including phenoxy) is 1. The summed E-state index contributed by atoms with van der Waals surface area (Å²) in [6, 6.07) is 7.84. The number of rotatable bonds is 5. The van der Waals surface area contributed by atoms with E-state index < -0.39 is 6.04 Å². The lowest BCUT2D eigenvalue weighted by atomic mass is 10.1. The van der Waals surface area contributed by atoms with Gasteiger partial charge in [-0.3, -0.25) is 9.69 Å². The summed E-state index contributed by atoms with van der Waals surface area (Å²) >= 11 is 0. The van der Waals surface area contributed by atoms with Crippen LogP contribution in [0.25, 0.3) is 0 Å². The quantitative estimate of drug-likeness (QED) is 0.848. The van der Waals surface area contributed by atoms with Gasteiger partial charge in [0.15, 0.2) is 0 Å². The van der Waals surface area contributed by atoms with Crippen molar-refractivity contribution in [2.75, 3.05) is 26.3 Å². The van der Waals surface area contributed by atoms with Crippen molar-refractivity contribution in [1.29, 1.82) is 0 Å². The Hall–Kier alpha value is -1.14.